The van der Waals surface area contributed by atoms with Crippen molar-refractivity contribution in [1.29, 1.82) is 0 Å². The van der Waals surface area contributed by atoms with E-state index in [1.54, 1.807) is 0 Å². The van der Waals surface area contributed by atoms with E-state index >= 15 is 0 Å². The number of benzene rings is 4. The molecule has 1 unspecified atom stereocenters. The van der Waals surface area contributed by atoms with Crippen molar-refractivity contribution >= 4 is 33.0 Å². The molecular formula is C36H25N. The molecule has 0 saturated carbocycles. The van der Waals surface area contributed by atoms with E-state index in [0.717, 1.165) is 6.42 Å². The Balaban J connectivity index is 1.31. The van der Waals surface area contributed by atoms with Gasteiger partial charge in [-0.2, -0.15) is 0 Å². The normalized spacial score (nSPS) is 17.9. The number of aromatic nitrogens is 1. The fourth-order valence-electron chi connectivity index (χ4n) is 6.44. The Kier molecular flexibility index (Phi) is 4.41. The molecule has 1 nitrogen and oxygen atoms in total. The number of nitrogens with zero attached hydrogens (tertiary/aromatic N) is 1. The Hall–Kier alpha value is -4.62. The Morgan fingerprint density at radius 2 is 1.51 bits per heavy atom. The summed E-state index contributed by atoms with van der Waals surface area (Å²) in [6.07, 6.45) is 14.8. The smallest absolute Gasteiger partial charge is 0.0541 e. The fraction of sp³-hybridized carbons (Fsp3) is 0.0556. The first-order chi connectivity index (χ1) is 18.4. The van der Waals surface area contributed by atoms with Crippen LogP contribution in [0.15, 0.2) is 145 Å². The van der Waals surface area contributed by atoms with Crippen LogP contribution in [0.3, 0.4) is 0 Å². The molecule has 1 aromatic heterocycles. The average Bonchev–Trinajstić information content (AvgIpc) is 3.31. The largest absolute Gasteiger partial charge is 0.309 e. The van der Waals surface area contributed by atoms with Gasteiger partial charge in [0.05, 0.1) is 11.0 Å². The molecular weight excluding hydrogens is 446 g/mol. The van der Waals surface area contributed by atoms with Crippen LogP contribution >= 0.6 is 0 Å². The lowest BCUT2D eigenvalue weighted by Crippen LogP contribution is -2.14. The van der Waals surface area contributed by atoms with Gasteiger partial charge in [-0.05, 0) is 81.8 Å². The zero-order chi connectivity index (χ0) is 24.3. The highest BCUT2D eigenvalue weighted by molar-refractivity contribution is 6.10. The minimum atomic E-state index is 0.329. The van der Waals surface area contributed by atoms with Gasteiger partial charge in [0, 0.05) is 22.4 Å². The summed E-state index contributed by atoms with van der Waals surface area (Å²) in [7, 11) is 0. The van der Waals surface area contributed by atoms with Crippen LogP contribution in [-0.4, -0.2) is 4.57 Å². The summed E-state index contributed by atoms with van der Waals surface area (Å²) in [5.74, 6) is 0.329. The first-order valence-electron chi connectivity index (χ1n) is 13.1. The molecule has 5 aromatic rings. The molecule has 0 amide bonds. The number of para-hydroxylation sites is 2. The lowest BCUT2D eigenvalue weighted by molar-refractivity contribution is 0.981. The van der Waals surface area contributed by atoms with Crippen LogP contribution in [-0.2, 0) is 0 Å². The Bertz CT molecular complexity index is 1890. The summed E-state index contributed by atoms with van der Waals surface area (Å²) in [5.41, 5.74) is 13.3. The zero-order valence-corrected chi connectivity index (χ0v) is 20.4. The number of rotatable bonds is 2. The molecule has 1 atom stereocenters. The molecule has 8 rings (SSSR count). The molecule has 1 heterocycles. The van der Waals surface area contributed by atoms with E-state index < -0.39 is 0 Å². The van der Waals surface area contributed by atoms with Crippen molar-refractivity contribution in [3.63, 3.8) is 0 Å². The van der Waals surface area contributed by atoms with E-state index in [4.69, 9.17) is 0 Å². The highest BCUT2D eigenvalue weighted by atomic mass is 15.0. The topological polar surface area (TPSA) is 4.93 Å². The molecule has 0 fully saturated rings. The summed E-state index contributed by atoms with van der Waals surface area (Å²) in [6, 6.07) is 35.4. The van der Waals surface area contributed by atoms with Crippen molar-refractivity contribution in [2.45, 2.75) is 12.3 Å². The second-order valence-corrected chi connectivity index (χ2v) is 10.1. The highest BCUT2D eigenvalue weighted by Crippen LogP contribution is 2.48. The standard InChI is InChI=1S/C36H25N/c1-2-10-26(11-3-1)37-35-17-9-8-16-32(35)34-23-25(19-21-36(34)37)24-18-20-31-29-14-5-4-12-27(29)28-13-6-7-15-30(28)33(31)22-24/h1-17,19-23,28H,18H2. The van der Waals surface area contributed by atoms with Gasteiger partial charge in [-0.25, -0.2) is 0 Å². The van der Waals surface area contributed by atoms with Gasteiger partial charge in [-0.15, -0.1) is 0 Å². The molecule has 0 aliphatic heterocycles. The Morgan fingerprint density at radius 3 is 2.46 bits per heavy atom. The van der Waals surface area contributed by atoms with Crippen molar-refractivity contribution in [1.82, 2.24) is 4.57 Å². The first kappa shape index (κ1) is 20.6. The van der Waals surface area contributed by atoms with E-state index in [0.29, 0.717) is 5.92 Å². The molecule has 0 bridgehead atoms. The predicted octanol–water partition coefficient (Wildman–Crippen LogP) is 9.17. The number of fused-ring (bicyclic) bond motifs is 8. The molecule has 37 heavy (non-hydrogen) atoms. The monoisotopic (exact) mass is 471 g/mol. The van der Waals surface area contributed by atoms with Crippen LogP contribution < -0.4 is 0 Å². The lowest BCUT2D eigenvalue weighted by atomic mass is 9.71. The number of hydrogen-bond donors (Lipinski definition) is 0. The van der Waals surface area contributed by atoms with Gasteiger partial charge in [-0.1, -0.05) is 97.1 Å². The van der Waals surface area contributed by atoms with E-state index in [-0.39, 0.29) is 0 Å². The zero-order valence-electron chi connectivity index (χ0n) is 20.4. The summed E-state index contributed by atoms with van der Waals surface area (Å²) >= 11 is 0. The van der Waals surface area contributed by atoms with Crippen LogP contribution in [0.5, 0.6) is 0 Å². The van der Waals surface area contributed by atoms with Gasteiger partial charge in [-0.3, -0.25) is 0 Å². The molecule has 1 heteroatoms. The van der Waals surface area contributed by atoms with E-state index in [1.807, 2.05) is 0 Å². The summed E-state index contributed by atoms with van der Waals surface area (Å²) in [5, 5.41) is 2.60. The lowest BCUT2D eigenvalue weighted by Gasteiger charge is -2.32. The van der Waals surface area contributed by atoms with Crippen LogP contribution in [0, 0.1) is 0 Å². The maximum atomic E-state index is 2.45. The van der Waals surface area contributed by atoms with Gasteiger partial charge in [0.2, 0.25) is 0 Å². The second kappa shape index (κ2) is 7.94. The van der Waals surface area contributed by atoms with Crippen molar-refractivity contribution in [3.8, 4) is 5.69 Å². The third-order valence-electron chi connectivity index (χ3n) is 8.12. The molecule has 174 valence electrons. The van der Waals surface area contributed by atoms with Crippen LogP contribution in [0.25, 0.3) is 38.6 Å². The van der Waals surface area contributed by atoms with Crippen LogP contribution in [0.4, 0.5) is 0 Å². The third kappa shape index (κ3) is 3.04. The molecule has 0 radical (unpaired) electrons. The maximum absolute atomic E-state index is 2.45. The Morgan fingerprint density at radius 1 is 0.703 bits per heavy atom. The van der Waals surface area contributed by atoms with Crippen LogP contribution in [0.1, 0.15) is 29.0 Å². The van der Waals surface area contributed by atoms with Gasteiger partial charge < -0.3 is 4.57 Å². The van der Waals surface area contributed by atoms with Crippen molar-refractivity contribution in [3.05, 3.63) is 161 Å². The van der Waals surface area contributed by atoms with E-state index in [1.165, 1.54) is 66.5 Å². The molecule has 4 aromatic carbocycles. The SMILES string of the molecule is C1=CC2=C3C=C(c4ccc5c(c4)c4ccccc4n5-c4ccccc4)CC=C3c3ccccc3C2C=C1. The molecule has 0 saturated heterocycles. The average molecular weight is 472 g/mol. The summed E-state index contributed by atoms with van der Waals surface area (Å²) in [6.45, 7) is 0. The first-order valence-corrected chi connectivity index (χ1v) is 13.1. The molecule has 3 aliphatic rings. The summed E-state index contributed by atoms with van der Waals surface area (Å²) in [4.78, 5) is 0. The van der Waals surface area contributed by atoms with E-state index in [9.17, 15) is 0 Å². The number of allylic oxidation sites excluding steroid dienone is 10. The quantitative estimate of drug-likeness (QED) is 0.242. The maximum Gasteiger partial charge on any atom is 0.0541 e. The Labute approximate surface area is 216 Å². The van der Waals surface area contributed by atoms with Crippen molar-refractivity contribution in [2.75, 3.05) is 0 Å². The molecule has 0 N–H and O–H groups in total. The number of hydrogen-bond acceptors (Lipinski definition) is 0. The fourth-order valence-corrected chi connectivity index (χ4v) is 6.44. The van der Waals surface area contributed by atoms with E-state index in [2.05, 4.69) is 138 Å². The highest BCUT2D eigenvalue weighted by Gasteiger charge is 2.29. The third-order valence-corrected chi connectivity index (χ3v) is 8.12. The van der Waals surface area contributed by atoms with Gasteiger partial charge in [0.15, 0.2) is 0 Å². The van der Waals surface area contributed by atoms with Crippen LogP contribution in [0.2, 0.25) is 0 Å². The van der Waals surface area contributed by atoms with Gasteiger partial charge in [0.25, 0.3) is 0 Å². The minimum absolute atomic E-state index is 0.329. The van der Waals surface area contributed by atoms with Crippen molar-refractivity contribution in [2.24, 2.45) is 0 Å². The summed E-state index contributed by atoms with van der Waals surface area (Å²) < 4.78 is 2.38. The predicted molar refractivity (Wildman–Crippen MR) is 156 cm³/mol. The van der Waals surface area contributed by atoms with Crippen molar-refractivity contribution < 1.29 is 0 Å². The minimum Gasteiger partial charge on any atom is -0.309 e. The van der Waals surface area contributed by atoms with Gasteiger partial charge >= 0.3 is 0 Å². The molecule has 0 spiro atoms. The molecule has 3 aliphatic carbocycles. The van der Waals surface area contributed by atoms with Gasteiger partial charge in [0.1, 0.15) is 0 Å². The second-order valence-electron chi connectivity index (χ2n) is 10.1.